The minimum absolute atomic E-state index is 0.125. The molecule has 0 spiro atoms. The number of aliphatic hydroxyl groups excluding tert-OH is 1. The Morgan fingerprint density at radius 3 is 2.53 bits per heavy atom. The molecular formula is C13H16ClNO2. The Labute approximate surface area is 106 Å². The molecule has 0 amide bonds. The van der Waals surface area contributed by atoms with Crippen LogP contribution in [0.25, 0.3) is 0 Å². The molecule has 0 bridgehead atoms. The summed E-state index contributed by atoms with van der Waals surface area (Å²) in [7, 11) is 0. The van der Waals surface area contributed by atoms with Gasteiger partial charge >= 0.3 is 0 Å². The second kappa shape index (κ2) is 5.17. The lowest BCUT2D eigenvalue weighted by Gasteiger charge is -2.37. The van der Waals surface area contributed by atoms with Gasteiger partial charge in [0.2, 0.25) is 0 Å². The fraction of sp³-hybridized carbons (Fsp3) is 0.462. The number of hydrogen-bond acceptors (Lipinski definition) is 3. The van der Waals surface area contributed by atoms with Crippen molar-refractivity contribution in [3.05, 3.63) is 34.9 Å². The fourth-order valence-corrected chi connectivity index (χ4v) is 2.24. The quantitative estimate of drug-likeness (QED) is 0.888. The zero-order valence-electron chi connectivity index (χ0n) is 9.77. The van der Waals surface area contributed by atoms with Gasteiger partial charge in [-0.05, 0) is 24.6 Å². The third-order valence-corrected chi connectivity index (χ3v) is 3.39. The lowest BCUT2D eigenvalue weighted by molar-refractivity contribution is -0.119. The Hall–Kier alpha value is -0.900. The lowest BCUT2D eigenvalue weighted by atomic mass is 9.93. The van der Waals surface area contributed by atoms with Gasteiger partial charge in [-0.2, -0.15) is 0 Å². The van der Waals surface area contributed by atoms with Crippen LogP contribution in [0.15, 0.2) is 24.3 Å². The maximum atomic E-state index is 11.7. The van der Waals surface area contributed by atoms with Crippen molar-refractivity contribution in [2.24, 2.45) is 0 Å². The van der Waals surface area contributed by atoms with Crippen LogP contribution in [0.4, 0.5) is 0 Å². The van der Waals surface area contributed by atoms with E-state index in [1.54, 1.807) is 19.1 Å². The molecule has 1 saturated heterocycles. The van der Waals surface area contributed by atoms with Gasteiger partial charge in [-0.25, -0.2) is 0 Å². The smallest absolute Gasteiger partial charge is 0.138 e. The maximum Gasteiger partial charge on any atom is 0.138 e. The Balaban J connectivity index is 2.06. The average Bonchev–Trinajstić information content (AvgIpc) is 2.24. The molecule has 0 unspecified atom stereocenters. The van der Waals surface area contributed by atoms with Crippen LogP contribution in [0, 0.1) is 0 Å². The highest BCUT2D eigenvalue weighted by Crippen LogP contribution is 2.22. The van der Waals surface area contributed by atoms with Crippen molar-refractivity contribution in [3.8, 4) is 0 Å². The summed E-state index contributed by atoms with van der Waals surface area (Å²) in [6.07, 6.45) is -0.229. The van der Waals surface area contributed by atoms with Gasteiger partial charge in [-0.15, -0.1) is 0 Å². The van der Waals surface area contributed by atoms with Gasteiger partial charge in [0.25, 0.3) is 0 Å². The van der Waals surface area contributed by atoms with Crippen LogP contribution in [-0.4, -0.2) is 41.5 Å². The van der Waals surface area contributed by atoms with E-state index in [1.807, 2.05) is 12.1 Å². The molecule has 0 aromatic heterocycles. The second-order valence-corrected chi connectivity index (χ2v) is 5.02. The molecule has 1 heterocycles. The van der Waals surface area contributed by atoms with Crippen LogP contribution in [0.5, 0.6) is 0 Å². The highest BCUT2D eigenvalue weighted by atomic mass is 35.5. The van der Waals surface area contributed by atoms with Crippen LogP contribution in [0.3, 0.4) is 0 Å². The summed E-state index contributed by atoms with van der Waals surface area (Å²) in [6, 6.07) is 7.39. The minimum atomic E-state index is -0.229. The van der Waals surface area contributed by atoms with Gasteiger partial charge in [0.15, 0.2) is 0 Å². The van der Waals surface area contributed by atoms with Crippen molar-refractivity contribution in [3.63, 3.8) is 0 Å². The van der Waals surface area contributed by atoms with Gasteiger partial charge in [0.05, 0.1) is 12.0 Å². The van der Waals surface area contributed by atoms with Gasteiger partial charge in [-0.3, -0.25) is 9.69 Å². The van der Waals surface area contributed by atoms with Crippen LogP contribution in [0.1, 0.15) is 18.4 Å². The summed E-state index contributed by atoms with van der Waals surface area (Å²) in [5.41, 5.74) is 0.989. The highest BCUT2D eigenvalue weighted by molar-refractivity contribution is 6.30. The summed E-state index contributed by atoms with van der Waals surface area (Å²) in [5, 5.41) is 9.91. The van der Waals surface area contributed by atoms with Crippen LogP contribution < -0.4 is 0 Å². The van der Waals surface area contributed by atoms with Gasteiger partial charge in [0.1, 0.15) is 5.78 Å². The van der Waals surface area contributed by atoms with E-state index in [4.69, 9.17) is 11.6 Å². The van der Waals surface area contributed by atoms with E-state index < -0.39 is 0 Å². The standard InChI is InChI=1S/C13H16ClNO2/c1-9(16)13(8-15-6-12(17)7-15)10-2-4-11(14)5-3-10/h2-5,12-13,17H,6-8H2,1H3/t13-/m1/s1. The number of likely N-dealkylation sites (tertiary alicyclic amines) is 1. The molecule has 0 radical (unpaired) electrons. The SMILES string of the molecule is CC(=O)[C@@H](CN1CC(O)C1)c1ccc(Cl)cc1. The lowest BCUT2D eigenvalue weighted by Crippen LogP contribution is -2.52. The van der Waals surface area contributed by atoms with Gasteiger partial charge in [0, 0.05) is 24.7 Å². The number of carbonyl (C=O) groups excluding carboxylic acids is 1. The molecule has 1 aromatic rings. The van der Waals surface area contributed by atoms with Crippen molar-refractivity contribution in [1.29, 1.82) is 0 Å². The van der Waals surface area contributed by atoms with Crippen LogP contribution >= 0.6 is 11.6 Å². The number of β-amino-alcohol motifs (C(OH)–C–C–N with tert-alkyl or cyclic N) is 1. The Morgan fingerprint density at radius 1 is 1.47 bits per heavy atom. The number of halogens is 1. The third kappa shape index (κ3) is 3.06. The molecule has 1 atom stereocenters. The Kier molecular flexibility index (Phi) is 3.82. The molecule has 1 aromatic carbocycles. The van der Waals surface area contributed by atoms with Crippen molar-refractivity contribution < 1.29 is 9.90 Å². The predicted molar refractivity (Wildman–Crippen MR) is 67.3 cm³/mol. The van der Waals surface area contributed by atoms with Gasteiger partial charge < -0.3 is 5.11 Å². The van der Waals surface area contributed by atoms with Crippen LogP contribution in [0.2, 0.25) is 5.02 Å². The highest BCUT2D eigenvalue weighted by Gasteiger charge is 2.28. The molecule has 4 heteroatoms. The molecule has 2 rings (SSSR count). The van der Waals surface area contributed by atoms with Crippen molar-refractivity contribution >= 4 is 17.4 Å². The molecule has 3 nitrogen and oxygen atoms in total. The molecule has 0 saturated carbocycles. The number of hydrogen-bond donors (Lipinski definition) is 1. The molecule has 1 fully saturated rings. The Morgan fingerprint density at radius 2 is 2.06 bits per heavy atom. The zero-order valence-corrected chi connectivity index (χ0v) is 10.5. The van der Waals surface area contributed by atoms with Crippen molar-refractivity contribution in [1.82, 2.24) is 4.90 Å². The molecule has 1 aliphatic rings. The summed E-state index contributed by atoms with van der Waals surface area (Å²) in [6.45, 7) is 3.61. The van der Waals surface area contributed by atoms with E-state index in [1.165, 1.54) is 0 Å². The van der Waals surface area contributed by atoms with Gasteiger partial charge in [-0.1, -0.05) is 23.7 Å². The van der Waals surface area contributed by atoms with E-state index in [0.29, 0.717) is 24.7 Å². The second-order valence-electron chi connectivity index (χ2n) is 4.59. The van der Waals surface area contributed by atoms with E-state index in [-0.39, 0.29) is 17.8 Å². The van der Waals surface area contributed by atoms with E-state index in [0.717, 1.165) is 5.56 Å². The first-order valence-electron chi connectivity index (χ1n) is 5.72. The third-order valence-electron chi connectivity index (χ3n) is 3.14. The fourth-order valence-electron chi connectivity index (χ4n) is 2.11. The first-order chi connectivity index (χ1) is 8.06. The number of Topliss-reactive ketones (excluding diaryl/α,β-unsaturated/α-hetero) is 1. The topological polar surface area (TPSA) is 40.5 Å². The zero-order chi connectivity index (χ0) is 12.4. The summed E-state index contributed by atoms with van der Waals surface area (Å²) in [5.74, 6) is 0.0217. The van der Waals surface area contributed by atoms with Crippen molar-refractivity contribution in [2.75, 3.05) is 19.6 Å². The first kappa shape index (κ1) is 12.6. The largest absolute Gasteiger partial charge is 0.390 e. The molecule has 1 aliphatic heterocycles. The summed E-state index contributed by atoms with van der Waals surface area (Å²) < 4.78 is 0. The monoisotopic (exact) mass is 253 g/mol. The summed E-state index contributed by atoms with van der Waals surface area (Å²) >= 11 is 5.83. The van der Waals surface area contributed by atoms with E-state index in [2.05, 4.69) is 4.90 Å². The summed E-state index contributed by atoms with van der Waals surface area (Å²) in [4.78, 5) is 13.8. The van der Waals surface area contributed by atoms with Crippen LogP contribution in [-0.2, 0) is 4.79 Å². The van der Waals surface area contributed by atoms with Crippen molar-refractivity contribution in [2.45, 2.75) is 18.9 Å². The molecule has 0 aliphatic carbocycles. The number of aliphatic hydroxyl groups is 1. The number of nitrogens with zero attached hydrogens (tertiary/aromatic N) is 1. The number of rotatable bonds is 4. The number of carbonyl (C=O) groups is 1. The predicted octanol–water partition coefficient (Wildman–Crippen LogP) is 1.69. The molecule has 17 heavy (non-hydrogen) atoms. The minimum Gasteiger partial charge on any atom is -0.390 e. The van der Waals surface area contributed by atoms with E-state index in [9.17, 15) is 9.90 Å². The molecule has 1 N–H and O–H groups in total. The van der Waals surface area contributed by atoms with E-state index >= 15 is 0 Å². The number of ketones is 1. The number of benzene rings is 1. The first-order valence-corrected chi connectivity index (χ1v) is 6.10. The maximum absolute atomic E-state index is 11.7. The Bertz CT molecular complexity index is 398. The molecular weight excluding hydrogens is 238 g/mol. The normalized spacial score (nSPS) is 18.8. The molecule has 92 valence electrons. The average molecular weight is 254 g/mol.